The van der Waals surface area contributed by atoms with Crippen LogP contribution in [0.2, 0.25) is 0 Å². The highest BCUT2D eigenvalue weighted by molar-refractivity contribution is 7.89. The molecule has 0 amide bonds. The van der Waals surface area contributed by atoms with Crippen LogP contribution in [0, 0.1) is 5.41 Å². The number of ether oxygens (including phenoxy) is 2. The number of hydrogen-bond acceptors (Lipinski definition) is 12. The largest absolute Gasteiger partial charge is 0.505 e. The Bertz CT molecular complexity index is 2330. The summed E-state index contributed by atoms with van der Waals surface area (Å²) in [6.07, 6.45) is 3.00. The van der Waals surface area contributed by atoms with Crippen molar-refractivity contribution in [2.75, 3.05) is 19.7 Å². The molecule has 6 rings (SSSR count). The molecule has 5 N–H and O–H groups in total. The van der Waals surface area contributed by atoms with Crippen molar-refractivity contribution in [3.8, 4) is 22.7 Å². The molecule has 1 aliphatic heterocycles. The van der Waals surface area contributed by atoms with Gasteiger partial charge in [-0.1, -0.05) is 44.2 Å². The van der Waals surface area contributed by atoms with Crippen LogP contribution < -0.4 is 10.2 Å². The highest BCUT2D eigenvalue weighted by Crippen LogP contribution is 2.29. The molecule has 5 aromatic rings. The molecular formula is C36H37N7O8S. The second-order valence-electron chi connectivity index (χ2n) is 11.7. The number of sulfonamides is 1. The molecule has 3 heterocycles. The lowest BCUT2D eigenvalue weighted by Gasteiger charge is -2.23. The molecule has 0 saturated heterocycles. The lowest BCUT2D eigenvalue weighted by molar-refractivity contribution is -0.0175. The summed E-state index contributed by atoms with van der Waals surface area (Å²) in [7, 11) is -3.68. The van der Waals surface area contributed by atoms with Gasteiger partial charge in [-0.25, -0.2) is 22.8 Å². The third kappa shape index (κ3) is 6.99. The first kappa shape index (κ1) is 35.8. The monoisotopic (exact) mass is 727 g/mol. The molecule has 1 aliphatic rings. The van der Waals surface area contributed by atoms with Crippen LogP contribution in [0.5, 0.6) is 5.75 Å². The van der Waals surface area contributed by atoms with Gasteiger partial charge in [0.15, 0.2) is 23.0 Å². The zero-order valence-corrected chi connectivity index (χ0v) is 29.1. The molecule has 0 aliphatic carbocycles. The summed E-state index contributed by atoms with van der Waals surface area (Å²) in [5.74, 6) is -2.68. The summed E-state index contributed by atoms with van der Waals surface area (Å²) in [5, 5.41) is 58.0. The third-order valence-corrected chi connectivity index (χ3v) is 10.0. The van der Waals surface area contributed by atoms with Crippen molar-refractivity contribution in [2.24, 2.45) is 5.10 Å². The number of aliphatic hydroxyl groups is 4. The Kier molecular flexibility index (Phi) is 10.4. The van der Waals surface area contributed by atoms with E-state index in [1.54, 1.807) is 53.2 Å². The second-order valence-corrected chi connectivity index (χ2v) is 13.7. The summed E-state index contributed by atoms with van der Waals surface area (Å²) in [6, 6.07) is 22.2. The average Bonchev–Trinajstić information content (AvgIpc) is 3.56. The van der Waals surface area contributed by atoms with Crippen molar-refractivity contribution in [3.63, 3.8) is 0 Å². The SMILES string of the molecule is CCCN(CCC)S(=O)(=O)c1ccc(-n2nc(-c3ccccc3)c3c(=N)n(/N=C\c4ccc(OC5=C(O)C(O)=C(O)C(CO)O5)cc4)cnc32)cc1. The average molecular weight is 728 g/mol. The summed E-state index contributed by atoms with van der Waals surface area (Å²) in [6.45, 7) is 4.10. The first-order valence-electron chi connectivity index (χ1n) is 16.4. The van der Waals surface area contributed by atoms with Crippen molar-refractivity contribution < 1.29 is 38.3 Å². The van der Waals surface area contributed by atoms with Gasteiger partial charge in [-0.2, -0.15) is 14.5 Å². The fourth-order valence-corrected chi connectivity index (χ4v) is 7.14. The van der Waals surface area contributed by atoms with Crippen molar-refractivity contribution in [1.29, 1.82) is 5.41 Å². The van der Waals surface area contributed by atoms with Crippen molar-refractivity contribution in [1.82, 2.24) is 23.7 Å². The Balaban J connectivity index is 1.31. The molecule has 0 radical (unpaired) electrons. The molecule has 3 aromatic carbocycles. The minimum absolute atomic E-state index is 0.00619. The van der Waals surface area contributed by atoms with Crippen LogP contribution in [0.15, 0.2) is 118 Å². The van der Waals surface area contributed by atoms with Gasteiger partial charge >= 0.3 is 5.95 Å². The van der Waals surface area contributed by atoms with Crippen LogP contribution >= 0.6 is 0 Å². The van der Waals surface area contributed by atoms with Gasteiger partial charge in [0.1, 0.15) is 17.8 Å². The smallest absolute Gasteiger partial charge is 0.333 e. The molecule has 270 valence electrons. The van der Waals surface area contributed by atoms with Crippen LogP contribution in [-0.2, 0) is 14.8 Å². The normalized spacial score (nSPS) is 15.2. The van der Waals surface area contributed by atoms with E-state index in [1.807, 2.05) is 44.2 Å². The summed E-state index contributed by atoms with van der Waals surface area (Å²) in [4.78, 5) is 4.80. The molecule has 0 bridgehead atoms. The van der Waals surface area contributed by atoms with Gasteiger partial charge in [-0.15, -0.1) is 0 Å². The second kappa shape index (κ2) is 15.1. The van der Waals surface area contributed by atoms with Gasteiger partial charge in [0.25, 0.3) is 0 Å². The Labute approximate surface area is 298 Å². The van der Waals surface area contributed by atoms with Crippen molar-refractivity contribution in [2.45, 2.75) is 37.7 Å². The maximum Gasteiger partial charge on any atom is 0.333 e. The molecule has 15 nitrogen and oxygen atoms in total. The fraction of sp³-hybridized carbons (Fsp3) is 0.222. The standard InChI is InChI=1S/C36H37N7O8S/c1-3-18-41(19-4-2)52(48,49)27-16-12-25(13-17-27)43-35-29(30(40-43)24-8-6-5-7-9-24)34(37)42(22-38-35)39-20-23-10-14-26(15-11-23)50-36-33(47)32(46)31(45)28(21-44)51-36/h5-17,20,22,28,37,44-47H,3-4,18-19,21H2,1-2H3/b37-34?,39-20-. The van der Waals surface area contributed by atoms with E-state index in [-0.39, 0.29) is 16.1 Å². The minimum Gasteiger partial charge on any atom is -0.505 e. The topological polar surface area (TPSA) is 209 Å². The fourth-order valence-electron chi connectivity index (χ4n) is 5.52. The number of aliphatic hydroxyl groups excluding tert-OH is 4. The Morgan fingerprint density at radius 3 is 2.27 bits per heavy atom. The van der Waals surface area contributed by atoms with E-state index in [9.17, 15) is 28.8 Å². The zero-order valence-electron chi connectivity index (χ0n) is 28.3. The van der Waals surface area contributed by atoms with E-state index < -0.39 is 46.0 Å². The van der Waals surface area contributed by atoms with E-state index >= 15 is 0 Å². The van der Waals surface area contributed by atoms with Crippen molar-refractivity contribution in [3.05, 3.63) is 119 Å². The predicted molar refractivity (Wildman–Crippen MR) is 191 cm³/mol. The zero-order chi connectivity index (χ0) is 37.0. The third-order valence-electron chi connectivity index (χ3n) is 8.13. The highest BCUT2D eigenvalue weighted by atomic mass is 32.2. The van der Waals surface area contributed by atoms with E-state index in [4.69, 9.17) is 20.0 Å². The van der Waals surface area contributed by atoms with Gasteiger partial charge < -0.3 is 29.9 Å². The summed E-state index contributed by atoms with van der Waals surface area (Å²) >= 11 is 0. The molecule has 0 saturated carbocycles. The van der Waals surface area contributed by atoms with Crippen LogP contribution in [-0.4, -0.2) is 84.6 Å². The van der Waals surface area contributed by atoms with E-state index in [0.717, 1.165) is 5.56 Å². The molecule has 1 unspecified atom stereocenters. The van der Waals surface area contributed by atoms with Crippen LogP contribution in [0.3, 0.4) is 0 Å². The lowest BCUT2D eigenvalue weighted by Crippen LogP contribution is -2.32. The number of nitrogens with one attached hydrogen (secondary N) is 1. The number of nitrogens with zero attached hydrogens (tertiary/aromatic N) is 6. The van der Waals surface area contributed by atoms with Gasteiger partial charge in [-0.05, 0) is 66.9 Å². The van der Waals surface area contributed by atoms with E-state index in [0.29, 0.717) is 53.9 Å². The van der Waals surface area contributed by atoms with Gasteiger partial charge in [0.05, 0.1) is 28.8 Å². The molecule has 52 heavy (non-hydrogen) atoms. The molecule has 0 spiro atoms. The lowest BCUT2D eigenvalue weighted by atomic mass is 10.1. The first-order valence-corrected chi connectivity index (χ1v) is 17.9. The number of fused-ring (bicyclic) bond motifs is 1. The van der Waals surface area contributed by atoms with E-state index in [1.165, 1.54) is 21.5 Å². The molecular weight excluding hydrogens is 691 g/mol. The van der Waals surface area contributed by atoms with Crippen molar-refractivity contribution >= 4 is 27.3 Å². The quantitative estimate of drug-likeness (QED) is 0.104. The molecule has 0 fully saturated rings. The maximum absolute atomic E-state index is 13.4. The molecule has 1 atom stereocenters. The van der Waals surface area contributed by atoms with Gasteiger partial charge in [0, 0.05) is 18.7 Å². The number of aromatic nitrogens is 4. The number of rotatable bonds is 13. The molecule has 2 aromatic heterocycles. The van der Waals surface area contributed by atoms with Crippen LogP contribution in [0.4, 0.5) is 0 Å². The Morgan fingerprint density at radius 2 is 1.63 bits per heavy atom. The van der Waals surface area contributed by atoms with Crippen LogP contribution in [0.25, 0.3) is 28.0 Å². The number of benzene rings is 3. The summed E-state index contributed by atoms with van der Waals surface area (Å²) < 4.78 is 41.8. The number of hydrogen-bond donors (Lipinski definition) is 5. The predicted octanol–water partition coefficient (Wildman–Crippen LogP) is 4.89. The maximum atomic E-state index is 13.4. The first-order chi connectivity index (χ1) is 25.1. The van der Waals surface area contributed by atoms with E-state index in [2.05, 4.69) is 10.1 Å². The Morgan fingerprint density at radius 1 is 0.962 bits per heavy atom. The van der Waals surface area contributed by atoms with Gasteiger partial charge in [0.2, 0.25) is 21.5 Å². The highest BCUT2D eigenvalue weighted by Gasteiger charge is 2.32. The summed E-state index contributed by atoms with van der Waals surface area (Å²) in [5.41, 5.74) is 2.81. The van der Waals surface area contributed by atoms with Gasteiger partial charge in [-0.3, -0.25) is 5.41 Å². The molecule has 16 heteroatoms. The van der Waals surface area contributed by atoms with Crippen LogP contribution in [0.1, 0.15) is 32.3 Å². The Hall–Kier alpha value is -5.97. The minimum atomic E-state index is -3.68.